The predicted molar refractivity (Wildman–Crippen MR) is 128 cm³/mol. The molecule has 4 aromatic carbocycles. The van der Waals surface area contributed by atoms with E-state index in [1.165, 1.54) is 24.1 Å². The van der Waals surface area contributed by atoms with Gasteiger partial charge in [-0.1, -0.05) is 18.1 Å². The molecule has 1 aliphatic rings. The van der Waals surface area contributed by atoms with Crippen LogP contribution in [0.5, 0.6) is 5.75 Å². The second-order valence-corrected chi connectivity index (χ2v) is 9.18. The Morgan fingerprint density at radius 2 is 1.45 bits per heavy atom. The number of hydrogen-bond donors (Lipinski definition) is 0. The number of halogens is 9. The Labute approximate surface area is 221 Å². The molecule has 0 N–H and O–H groups in total. The maximum absolute atomic E-state index is 15.2. The van der Waals surface area contributed by atoms with E-state index in [0.717, 1.165) is 43.0 Å². The molecule has 0 aromatic heterocycles. The molecule has 0 saturated carbocycles. The SMILES string of the molecule is Fc1cc2cc(OC(F)(F)c3c(F)cc4cc(C5CCCCO5)ccc4c3F)ccc2c(F)c1C#CC(F)(F)F. The fourth-order valence-electron chi connectivity index (χ4n) is 4.64. The van der Waals surface area contributed by atoms with Crippen molar-refractivity contribution in [3.8, 4) is 17.6 Å². The number of alkyl halides is 5. The highest BCUT2D eigenvalue weighted by Crippen LogP contribution is 2.40. The molecule has 0 amide bonds. The van der Waals surface area contributed by atoms with Crippen LogP contribution in [-0.4, -0.2) is 12.8 Å². The first kappa shape index (κ1) is 27.6. The van der Waals surface area contributed by atoms with Gasteiger partial charge in [0.15, 0.2) is 0 Å². The summed E-state index contributed by atoms with van der Waals surface area (Å²) in [5, 5.41) is -1.04. The van der Waals surface area contributed by atoms with Crippen molar-refractivity contribution in [3.05, 3.63) is 88.5 Å². The average molecular weight is 568 g/mol. The van der Waals surface area contributed by atoms with E-state index < -0.39 is 57.8 Å². The molecule has 1 atom stereocenters. The molecule has 5 rings (SSSR count). The molecular formula is C29H17F9O2. The number of benzene rings is 4. The van der Waals surface area contributed by atoms with Gasteiger partial charge in [-0.3, -0.25) is 0 Å². The summed E-state index contributed by atoms with van der Waals surface area (Å²) in [6, 6.07) is 7.96. The van der Waals surface area contributed by atoms with Crippen molar-refractivity contribution in [2.75, 3.05) is 6.61 Å². The number of rotatable bonds is 4. The lowest BCUT2D eigenvalue weighted by Gasteiger charge is -2.24. The fourth-order valence-corrected chi connectivity index (χ4v) is 4.64. The van der Waals surface area contributed by atoms with Crippen LogP contribution in [0.15, 0.2) is 48.5 Å². The third-order valence-electron chi connectivity index (χ3n) is 6.47. The highest BCUT2D eigenvalue weighted by molar-refractivity contribution is 5.87. The summed E-state index contributed by atoms with van der Waals surface area (Å²) in [4.78, 5) is 0. The first-order valence-corrected chi connectivity index (χ1v) is 12.0. The van der Waals surface area contributed by atoms with Crippen LogP contribution < -0.4 is 4.74 Å². The summed E-state index contributed by atoms with van der Waals surface area (Å²) in [7, 11) is 0. The lowest BCUT2D eigenvalue weighted by Crippen LogP contribution is -2.25. The van der Waals surface area contributed by atoms with E-state index >= 15 is 13.2 Å². The van der Waals surface area contributed by atoms with Crippen molar-refractivity contribution < 1.29 is 49.0 Å². The Balaban J connectivity index is 1.48. The van der Waals surface area contributed by atoms with E-state index in [2.05, 4.69) is 4.74 Å². The maximum atomic E-state index is 15.2. The summed E-state index contributed by atoms with van der Waals surface area (Å²) in [6.07, 6.45) is -7.32. The van der Waals surface area contributed by atoms with Crippen LogP contribution in [-0.2, 0) is 10.8 Å². The Hall–Kier alpha value is -3.91. The molecule has 1 saturated heterocycles. The van der Waals surface area contributed by atoms with Gasteiger partial charge in [-0.25, -0.2) is 17.6 Å². The molecule has 1 fully saturated rings. The van der Waals surface area contributed by atoms with Gasteiger partial charge in [-0.2, -0.15) is 22.0 Å². The molecule has 0 spiro atoms. The van der Waals surface area contributed by atoms with Crippen LogP contribution in [0, 0.1) is 35.1 Å². The van der Waals surface area contributed by atoms with Crippen molar-refractivity contribution in [3.63, 3.8) is 0 Å². The molecule has 0 aliphatic carbocycles. The number of ether oxygens (including phenoxy) is 2. The second-order valence-electron chi connectivity index (χ2n) is 9.18. The van der Waals surface area contributed by atoms with E-state index in [-0.39, 0.29) is 22.3 Å². The van der Waals surface area contributed by atoms with E-state index in [1.54, 1.807) is 0 Å². The molecular weight excluding hydrogens is 551 g/mol. The third kappa shape index (κ3) is 5.41. The fraction of sp³-hybridized carbons (Fsp3) is 0.241. The van der Waals surface area contributed by atoms with Crippen LogP contribution in [0.25, 0.3) is 21.5 Å². The third-order valence-corrected chi connectivity index (χ3v) is 6.47. The van der Waals surface area contributed by atoms with E-state index in [0.29, 0.717) is 24.7 Å². The Kier molecular flexibility index (Phi) is 7.08. The lowest BCUT2D eigenvalue weighted by molar-refractivity contribution is -0.189. The van der Waals surface area contributed by atoms with Crippen LogP contribution >= 0.6 is 0 Å². The van der Waals surface area contributed by atoms with Gasteiger partial charge < -0.3 is 9.47 Å². The monoisotopic (exact) mass is 568 g/mol. The van der Waals surface area contributed by atoms with Crippen LogP contribution in [0.2, 0.25) is 0 Å². The van der Waals surface area contributed by atoms with Crippen molar-refractivity contribution in [1.82, 2.24) is 0 Å². The minimum absolute atomic E-state index is 0.0438. The van der Waals surface area contributed by atoms with Crippen molar-refractivity contribution >= 4 is 21.5 Å². The minimum atomic E-state index is -5.00. The molecule has 0 bridgehead atoms. The van der Waals surface area contributed by atoms with Crippen molar-refractivity contribution in [1.29, 1.82) is 0 Å². The lowest BCUT2D eigenvalue weighted by atomic mass is 9.97. The zero-order valence-electron chi connectivity index (χ0n) is 20.2. The molecule has 0 radical (unpaired) electrons. The first-order valence-electron chi connectivity index (χ1n) is 12.0. The zero-order chi connectivity index (χ0) is 28.8. The maximum Gasteiger partial charge on any atom is 0.458 e. The molecule has 1 heterocycles. The quantitative estimate of drug-likeness (QED) is 0.181. The Morgan fingerprint density at radius 3 is 2.15 bits per heavy atom. The molecule has 11 heteroatoms. The molecule has 2 nitrogen and oxygen atoms in total. The van der Waals surface area contributed by atoms with Gasteiger partial charge >= 0.3 is 12.3 Å². The topological polar surface area (TPSA) is 18.5 Å². The van der Waals surface area contributed by atoms with Crippen molar-refractivity contribution in [2.45, 2.75) is 37.7 Å². The second kappa shape index (κ2) is 10.2. The zero-order valence-corrected chi connectivity index (χ0v) is 20.2. The summed E-state index contributed by atoms with van der Waals surface area (Å²) in [6.45, 7) is 0.537. The van der Waals surface area contributed by atoms with Gasteiger partial charge in [-0.15, -0.1) is 0 Å². The summed E-state index contributed by atoms with van der Waals surface area (Å²) in [5.41, 5.74) is -2.18. The molecule has 40 heavy (non-hydrogen) atoms. The van der Waals surface area contributed by atoms with Crippen LogP contribution in [0.4, 0.5) is 39.5 Å². The molecule has 4 aromatic rings. The van der Waals surface area contributed by atoms with E-state index in [1.807, 2.05) is 0 Å². The molecule has 208 valence electrons. The smallest absolute Gasteiger partial charge is 0.429 e. The Bertz CT molecular complexity index is 1680. The standard InChI is InChI=1S/C29H17F9O2/c30-22-13-17-12-18(5-7-19(17)26(32)21(22)8-9-28(34,35)36)40-29(37,38)25-23(31)14-16-11-15(4-6-20(16)27(25)33)24-3-1-2-10-39-24/h4-7,11-14,24H,1-3,10H2. The summed E-state index contributed by atoms with van der Waals surface area (Å²) in [5.74, 6) is -4.65. The van der Waals surface area contributed by atoms with E-state index in [9.17, 15) is 26.3 Å². The van der Waals surface area contributed by atoms with Gasteiger partial charge in [0.25, 0.3) is 0 Å². The van der Waals surface area contributed by atoms with Crippen LogP contribution in [0.1, 0.15) is 42.1 Å². The Morgan fingerprint density at radius 1 is 0.775 bits per heavy atom. The highest BCUT2D eigenvalue weighted by atomic mass is 19.4. The normalized spacial score (nSPS) is 16.2. The largest absolute Gasteiger partial charge is 0.458 e. The van der Waals surface area contributed by atoms with Gasteiger partial charge in [0.05, 0.1) is 11.7 Å². The predicted octanol–water partition coefficient (Wildman–Crippen LogP) is 8.83. The summed E-state index contributed by atoms with van der Waals surface area (Å²) < 4.78 is 137. The van der Waals surface area contributed by atoms with Gasteiger partial charge in [-0.05, 0) is 72.0 Å². The molecule has 1 aliphatic heterocycles. The molecule has 1 unspecified atom stereocenters. The van der Waals surface area contributed by atoms with Crippen molar-refractivity contribution in [2.24, 2.45) is 0 Å². The minimum Gasteiger partial charge on any atom is -0.429 e. The highest BCUT2D eigenvalue weighted by Gasteiger charge is 2.42. The van der Waals surface area contributed by atoms with Gasteiger partial charge in [0.1, 0.15) is 34.6 Å². The number of hydrogen-bond acceptors (Lipinski definition) is 2. The first-order chi connectivity index (χ1) is 18.8. The van der Waals surface area contributed by atoms with Gasteiger partial charge in [0.2, 0.25) is 0 Å². The number of fused-ring (bicyclic) bond motifs is 2. The summed E-state index contributed by atoms with van der Waals surface area (Å²) >= 11 is 0. The van der Waals surface area contributed by atoms with E-state index in [4.69, 9.17) is 4.74 Å². The van der Waals surface area contributed by atoms with Gasteiger partial charge in [0, 0.05) is 23.3 Å². The average Bonchev–Trinajstić information content (AvgIpc) is 2.87. The van der Waals surface area contributed by atoms with Crippen LogP contribution in [0.3, 0.4) is 0 Å².